The van der Waals surface area contributed by atoms with Crippen molar-refractivity contribution in [3.8, 4) is 5.75 Å². The van der Waals surface area contributed by atoms with Crippen molar-refractivity contribution in [2.24, 2.45) is 0 Å². The molecule has 2 N–H and O–H groups in total. The summed E-state index contributed by atoms with van der Waals surface area (Å²) in [7, 11) is -5.80. The molecule has 1 atom stereocenters. The second kappa shape index (κ2) is 7.37. The quantitative estimate of drug-likeness (QED) is 0.399. The zero-order valence-corrected chi connectivity index (χ0v) is 14.8. The summed E-state index contributed by atoms with van der Waals surface area (Å²) in [5.74, 6) is -1.48. The maximum Gasteiger partial charge on any atom is 0.446 e. The molecule has 146 valence electrons. The highest BCUT2D eigenvalue weighted by atomic mass is 32.2. The predicted molar refractivity (Wildman–Crippen MR) is 92.3 cm³/mol. The standard InChI is InChI=1S/C17H17F2NO6S/c18-17(19,27(22,23)24)16(21)20-8-3-9-25-14-7-2-4-11-12(14)5-1-6-13(11)15-10-26-15/h1-2,4-7,15H,3,8-10H2,(H,20,21)(H,22,23,24). The Morgan fingerprint density at radius 3 is 2.59 bits per heavy atom. The summed E-state index contributed by atoms with van der Waals surface area (Å²) < 4.78 is 66.5. The van der Waals surface area contributed by atoms with Gasteiger partial charge in [0.15, 0.2) is 0 Å². The molecule has 1 amide bonds. The number of alkyl halides is 2. The highest BCUT2D eigenvalue weighted by Crippen LogP contribution is 2.37. The lowest BCUT2D eigenvalue weighted by molar-refractivity contribution is -0.136. The Labute approximate surface area is 154 Å². The van der Waals surface area contributed by atoms with Crippen LogP contribution in [0.4, 0.5) is 8.78 Å². The second-order valence-electron chi connectivity index (χ2n) is 5.97. The predicted octanol–water partition coefficient (Wildman–Crippen LogP) is 2.28. The molecule has 1 unspecified atom stereocenters. The van der Waals surface area contributed by atoms with E-state index in [2.05, 4.69) is 0 Å². The van der Waals surface area contributed by atoms with Gasteiger partial charge in [-0.2, -0.15) is 17.2 Å². The van der Waals surface area contributed by atoms with Crippen LogP contribution in [-0.2, 0) is 19.6 Å². The van der Waals surface area contributed by atoms with Crippen LogP contribution in [0.5, 0.6) is 5.75 Å². The zero-order chi connectivity index (χ0) is 19.7. The van der Waals surface area contributed by atoms with E-state index < -0.39 is 21.3 Å². The molecule has 27 heavy (non-hydrogen) atoms. The van der Waals surface area contributed by atoms with E-state index in [4.69, 9.17) is 14.0 Å². The summed E-state index contributed by atoms with van der Waals surface area (Å²) in [6.07, 6.45) is 0.249. The lowest BCUT2D eigenvalue weighted by Crippen LogP contribution is -2.46. The first kappa shape index (κ1) is 19.5. The number of ether oxygens (including phenoxy) is 2. The Morgan fingerprint density at radius 2 is 1.93 bits per heavy atom. The Balaban J connectivity index is 1.56. The Morgan fingerprint density at radius 1 is 1.26 bits per heavy atom. The van der Waals surface area contributed by atoms with Crippen LogP contribution in [0.3, 0.4) is 0 Å². The summed E-state index contributed by atoms with van der Waals surface area (Å²) in [6, 6.07) is 11.3. The molecule has 0 bridgehead atoms. The summed E-state index contributed by atoms with van der Waals surface area (Å²) in [5, 5.41) is -1.24. The lowest BCUT2D eigenvalue weighted by Gasteiger charge is -2.13. The van der Waals surface area contributed by atoms with E-state index in [-0.39, 0.29) is 25.7 Å². The highest BCUT2D eigenvalue weighted by Gasteiger charge is 2.52. The molecule has 0 aliphatic carbocycles. The van der Waals surface area contributed by atoms with Gasteiger partial charge in [0.1, 0.15) is 11.9 Å². The summed E-state index contributed by atoms with van der Waals surface area (Å²) in [6.45, 7) is 0.551. The van der Waals surface area contributed by atoms with Gasteiger partial charge in [-0.25, -0.2) is 0 Å². The number of nitrogens with one attached hydrogen (secondary N) is 1. The van der Waals surface area contributed by atoms with Crippen LogP contribution >= 0.6 is 0 Å². The van der Waals surface area contributed by atoms with Crippen molar-refractivity contribution in [3.05, 3.63) is 42.0 Å². The summed E-state index contributed by atoms with van der Waals surface area (Å²) >= 11 is 0. The molecule has 1 aliphatic heterocycles. The third-order valence-electron chi connectivity index (χ3n) is 4.05. The van der Waals surface area contributed by atoms with Crippen LogP contribution in [0.15, 0.2) is 36.4 Å². The average molecular weight is 401 g/mol. The molecule has 1 saturated heterocycles. The lowest BCUT2D eigenvalue weighted by atomic mass is 10.0. The van der Waals surface area contributed by atoms with Gasteiger partial charge < -0.3 is 14.8 Å². The maximum absolute atomic E-state index is 13.1. The minimum absolute atomic E-state index is 0.0867. The van der Waals surface area contributed by atoms with Crippen LogP contribution in [0.25, 0.3) is 10.8 Å². The number of hydrogen-bond acceptors (Lipinski definition) is 5. The molecule has 0 spiro atoms. The number of amides is 1. The zero-order valence-electron chi connectivity index (χ0n) is 14.0. The van der Waals surface area contributed by atoms with Gasteiger partial charge in [-0.05, 0) is 23.4 Å². The second-order valence-corrected chi connectivity index (χ2v) is 7.43. The van der Waals surface area contributed by atoms with Crippen molar-refractivity contribution in [2.45, 2.75) is 17.8 Å². The molecule has 0 aromatic heterocycles. The largest absolute Gasteiger partial charge is 0.493 e. The van der Waals surface area contributed by atoms with Gasteiger partial charge in [-0.15, -0.1) is 0 Å². The minimum Gasteiger partial charge on any atom is -0.493 e. The molecule has 1 fully saturated rings. The van der Waals surface area contributed by atoms with Crippen LogP contribution in [0, 0.1) is 0 Å². The van der Waals surface area contributed by atoms with Crippen LogP contribution in [0.2, 0.25) is 0 Å². The van der Waals surface area contributed by atoms with E-state index in [1.807, 2.05) is 30.3 Å². The normalized spacial score (nSPS) is 16.9. The smallest absolute Gasteiger partial charge is 0.446 e. The first-order valence-corrected chi connectivity index (χ1v) is 9.55. The molecule has 2 aromatic rings. The Bertz CT molecular complexity index is 959. The van der Waals surface area contributed by atoms with E-state index in [1.165, 1.54) is 0 Å². The van der Waals surface area contributed by atoms with Gasteiger partial charge in [-0.3, -0.25) is 9.35 Å². The van der Waals surface area contributed by atoms with Crippen molar-refractivity contribution in [1.29, 1.82) is 0 Å². The number of rotatable bonds is 8. The van der Waals surface area contributed by atoms with Crippen molar-refractivity contribution < 1.29 is 36.0 Å². The van der Waals surface area contributed by atoms with Gasteiger partial charge in [0.2, 0.25) is 0 Å². The topological polar surface area (TPSA) is 105 Å². The number of hydrogen-bond donors (Lipinski definition) is 2. The van der Waals surface area contributed by atoms with Crippen molar-refractivity contribution >= 4 is 26.8 Å². The van der Waals surface area contributed by atoms with E-state index >= 15 is 0 Å². The van der Waals surface area contributed by atoms with Crippen LogP contribution in [0.1, 0.15) is 18.1 Å². The van der Waals surface area contributed by atoms with Crippen LogP contribution in [-0.4, -0.2) is 43.9 Å². The van der Waals surface area contributed by atoms with Gasteiger partial charge >= 0.3 is 21.3 Å². The third kappa shape index (κ3) is 4.18. The molecule has 0 saturated carbocycles. The molecule has 1 aliphatic rings. The number of epoxide rings is 1. The van der Waals surface area contributed by atoms with Gasteiger partial charge in [0.25, 0.3) is 0 Å². The van der Waals surface area contributed by atoms with E-state index in [0.29, 0.717) is 12.4 Å². The van der Waals surface area contributed by atoms with Crippen molar-refractivity contribution in [2.75, 3.05) is 19.8 Å². The minimum atomic E-state index is -5.80. The van der Waals surface area contributed by atoms with Crippen molar-refractivity contribution in [1.82, 2.24) is 5.32 Å². The first-order chi connectivity index (χ1) is 12.7. The number of carbonyl (C=O) groups excluding carboxylic acids is 1. The fraction of sp³-hybridized carbons (Fsp3) is 0.353. The van der Waals surface area contributed by atoms with Crippen molar-refractivity contribution in [3.63, 3.8) is 0 Å². The Hall–Kier alpha value is -2.30. The number of carbonyl (C=O) groups is 1. The number of halogens is 2. The molecule has 0 radical (unpaired) electrons. The fourth-order valence-corrected chi connectivity index (χ4v) is 2.92. The molecule has 3 rings (SSSR count). The average Bonchev–Trinajstić information content (AvgIpc) is 3.44. The fourth-order valence-electron chi connectivity index (χ4n) is 2.62. The third-order valence-corrected chi connectivity index (χ3v) is 4.88. The molecule has 7 nitrogen and oxygen atoms in total. The number of benzene rings is 2. The van der Waals surface area contributed by atoms with Gasteiger partial charge in [-0.1, -0.05) is 30.3 Å². The van der Waals surface area contributed by atoms with Gasteiger partial charge in [0.05, 0.1) is 13.2 Å². The molecular weight excluding hydrogens is 384 g/mol. The highest BCUT2D eigenvalue weighted by molar-refractivity contribution is 7.87. The monoisotopic (exact) mass is 401 g/mol. The van der Waals surface area contributed by atoms with Gasteiger partial charge in [0, 0.05) is 11.9 Å². The molecule has 1 heterocycles. The summed E-state index contributed by atoms with van der Waals surface area (Å²) in [5.41, 5.74) is 1.07. The van der Waals surface area contributed by atoms with E-state index in [0.717, 1.165) is 16.3 Å². The van der Waals surface area contributed by atoms with Crippen LogP contribution < -0.4 is 10.1 Å². The summed E-state index contributed by atoms with van der Waals surface area (Å²) in [4.78, 5) is 11.2. The maximum atomic E-state index is 13.1. The molecule has 10 heteroatoms. The van der Waals surface area contributed by atoms with E-state index in [9.17, 15) is 22.0 Å². The molecular formula is C17H17F2NO6S. The first-order valence-electron chi connectivity index (χ1n) is 8.11. The molecule has 2 aromatic carbocycles. The SMILES string of the molecule is O=C(NCCCOc1cccc2c(C3CO3)cccc12)C(F)(F)S(=O)(=O)O. The number of fused-ring (bicyclic) bond motifs is 1. The van der Waals surface area contributed by atoms with E-state index in [1.54, 1.807) is 11.4 Å². The Kier molecular flexibility index (Phi) is 5.31.